The highest BCUT2D eigenvalue weighted by Crippen LogP contribution is 2.14. The Morgan fingerprint density at radius 3 is 2.67 bits per heavy atom. The second-order valence-electron chi connectivity index (χ2n) is 4.06. The maximum absolute atomic E-state index is 5.85. The lowest BCUT2D eigenvalue weighted by atomic mass is 10.1. The average molecular weight is 259 g/mol. The summed E-state index contributed by atoms with van der Waals surface area (Å²) in [5.41, 5.74) is 8.29. The lowest BCUT2D eigenvalue weighted by molar-refractivity contribution is 0.900. The zero-order chi connectivity index (χ0) is 12.5. The normalized spacial score (nSPS) is 10.9. The maximum Gasteiger partial charge on any atom is 0.178 e. The van der Waals surface area contributed by atoms with Gasteiger partial charge in [0, 0.05) is 17.6 Å². The van der Waals surface area contributed by atoms with Gasteiger partial charge in [-0.3, -0.25) is 0 Å². The van der Waals surface area contributed by atoms with Crippen molar-refractivity contribution in [3.8, 4) is 0 Å². The van der Waals surface area contributed by atoms with Crippen molar-refractivity contribution < 1.29 is 0 Å². The summed E-state index contributed by atoms with van der Waals surface area (Å²) in [4.78, 5) is 4.42. The van der Waals surface area contributed by atoms with Crippen LogP contribution in [0.1, 0.15) is 11.4 Å². The third kappa shape index (κ3) is 2.02. The van der Waals surface area contributed by atoms with Gasteiger partial charge in [-0.05, 0) is 29.8 Å². The molecule has 0 amide bonds. The minimum atomic E-state index is 0.632. The van der Waals surface area contributed by atoms with Gasteiger partial charge < -0.3 is 5.73 Å². The van der Waals surface area contributed by atoms with E-state index in [-0.39, 0.29) is 0 Å². The van der Waals surface area contributed by atoms with Crippen LogP contribution in [0.4, 0.5) is 5.69 Å². The van der Waals surface area contributed by atoms with Crippen molar-refractivity contribution in [3.05, 3.63) is 59.0 Å². The Kier molecular flexibility index (Phi) is 2.64. The van der Waals surface area contributed by atoms with Gasteiger partial charge in [-0.25, -0.2) is 9.50 Å². The van der Waals surface area contributed by atoms with Gasteiger partial charge in [-0.1, -0.05) is 23.7 Å². The molecule has 0 bridgehead atoms. The third-order valence-corrected chi connectivity index (χ3v) is 2.96. The predicted molar refractivity (Wildman–Crippen MR) is 71.7 cm³/mol. The van der Waals surface area contributed by atoms with Crippen LogP contribution in [0, 0.1) is 0 Å². The summed E-state index contributed by atoms with van der Waals surface area (Å²) in [5, 5.41) is 5.11. The highest BCUT2D eigenvalue weighted by Gasteiger charge is 2.06. The Labute approximate surface area is 109 Å². The molecule has 3 rings (SSSR count). The van der Waals surface area contributed by atoms with Crippen LogP contribution in [0.2, 0.25) is 5.02 Å². The monoisotopic (exact) mass is 258 g/mol. The smallest absolute Gasteiger partial charge is 0.178 e. The first-order chi connectivity index (χ1) is 8.72. The average Bonchev–Trinajstić information content (AvgIpc) is 2.76. The van der Waals surface area contributed by atoms with Crippen molar-refractivity contribution in [2.24, 2.45) is 0 Å². The molecule has 0 fully saturated rings. The van der Waals surface area contributed by atoms with Crippen molar-refractivity contribution in [1.29, 1.82) is 0 Å². The molecule has 5 heteroatoms. The molecule has 18 heavy (non-hydrogen) atoms. The number of benzene rings is 1. The molecule has 2 aromatic heterocycles. The summed E-state index contributed by atoms with van der Waals surface area (Å²) < 4.78 is 1.70. The van der Waals surface area contributed by atoms with Gasteiger partial charge in [0.15, 0.2) is 11.5 Å². The fraction of sp³-hybridized carbons (Fsp3) is 0.0769. The Bertz CT molecular complexity index is 688. The summed E-state index contributed by atoms with van der Waals surface area (Å²) in [6.07, 6.45) is 2.50. The molecule has 2 heterocycles. The lowest BCUT2D eigenvalue weighted by Crippen LogP contribution is -1.92. The minimum Gasteiger partial charge on any atom is -0.396 e. The molecule has 0 saturated heterocycles. The summed E-state index contributed by atoms with van der Waals surface area (Å²) >= 11 is 5.85. The molecule has 0 aliphatic carbocycles. The predicted octanol–water partition coefficient (Wildman–Crippen LogP) is 2.56. The van der Waals surface area contributed by atoms with Crippen LogP contribution in [0.5, 0.6) is 0 Å². The molecule has 1 aromatic carbocycles. The van der Waals surface area contributed by atoms with Crippen molar-refractivity contribution in [3.63, 3.8) is 0 Å². The number of halogens is 1. The number of anilines is 1. The van der Waals surface area contributed by atoms with E-state index in [4.69, 9.17) is 17.3 Å². The van der Waals surface area contributed by atoms with Crippen LogP contribution in [0.25, 0.3) is 5.65 Å². The SMILES string of the molecule is Nc1cccn2nc(Cc3ccc(Cl)cc3)nc12. The fourth-order valence-corrected chi connectivity index (χ4v) is 1.96. The first kappa shape index (κ1) is 11.0. The van der Waals surface area contributed by atoms with E-state index in [0.717, 1.165) is 16.4 Å². The molecule has 90 valence electrons. The van der Waals surface area contributed by atoms with Crippen LogP contribution in [0.15, 0.2) is 42.6 Å². The molecular weight excluding hydrogens is 248 g/mol. The van der Waals surface area contributed by atoms with E-state index in [2.05, 4.69) is 10.1 Å². The fourth-order valence-electron chi connectivity index (χ4n) is 1.83. The number of fused-ring (bicyclic) bond motifs is 1. The summed E-state index contributed by atoms with van der Waals surface area (Å²) in [5.74, 6) is 0.746. The van der Waals surface area contributed by atoms with E-state index in [0.29, 0.717) is 17.8 Å². The largest absolute Gasteiger partial charge is 0.396 e. The molecule has 4 nitrogen and oxygen atoms in total. The number of hydrogen-bond donors (Lipinski definition) is 1. The Morgan fingerprint density at radius 2 is 1.94 bits per heavy atom. The van der Waals surface area contributed by atoms with E-state index in [1.165, 1.54) is 0 Å². The number of aromatic nitrogens is 3. The van der Waals surface area contributed by atoms with Crippen molar-refractivity contribution >= 4 is 22.9 Å². The first-order valence-electron chi connectivity index (χ1n) is 5.56. The van der Waals surface area contributed by atoms with Crippen LogP contribution in [0.3, 0.4) is 0 Å². The molecule has 0 saturated carbocycles. The van der Waals surface area contributed by atoms with E-state index in [9.17, 15) is 0 Å². The number of rotatable bonds is 2. The second-order valence-corrected chi connectivity index (χ2v) is 4.50. The van der Waals surface area contributed by atoms with Gasteiger partial charge in [-0.2, -0.15) is 5.10 Å². The van der Waals surface area contributed by atoms with Crippen LogP contribution >= 0.6 is 11.6 Å². The molecule has 0 aliphatic heterocycles. The quantitative estimate of drug-likeness (QED) is 0.769. The number of nitrogens with two attached hydrogens (primary N) is 1. The van der Waals surface area contributed by atoms with E-state index >= 15 is 0 Å². The third-order valence-electron chi connectivity index (χ3n) is 2.71. The molecule has 0 aliphatic rings. The van der Waals surface area contributed by atoms with Gasteiger partial charge in [0.05, 0.1) is 5.69 Å². The number of pyridine rings is 1. The molecule has 0 radical (unpaired) electrons. The van der Waals surface area contributed by atoms with Gasteiger partial charge in [0.2, 0.25) is 0 Å². The summed E-state index contributed by atoms with van der Waals surface area (Å²) in [7, 11) is 0. The van der Waals surface area contributed by atoms with Gasteiger partial charge >= 0.3 is 0 Å². The van der Waals surface area contributed by atoms with Gasteiger partial charge in [0.1, 0.15) is 0 Å². The first-order valence-corrected chi connectivity index (χ1v) is 5.94. The minimum absolute atomic E-state index is 0.632. The molecule has 0 atom stereocenters. The lowest BCUT2D eigenvalue weighted by Gasteiger charge is -1.96. The molecule has 2 N–H and O–H groups in total. The Hall–Kier alpha value is -2.07. The number of nitrogens with zero attached hydrogens (tertiary/aromatic N) is 3. The zero-order valence-corrected chi connectivity index (χ0v) is 10.3. The standard InChI is InChI=1S/C13H11ClN4/c14-10-5-3-9(4-6-10)8-12-16-13-11(15)2-1-7-18(13)17-12/h1-7H,8,15H2. The van der Waals surface area contributed by atoms with E-state index in [1.807, 2.05) is 42.6 Å². The van der Waals surface area contributed by atoms with Crippen LogP contribution in [-0.4, -0.2) is 14.6 Å². The summed E-state index contributed by atoms with van der Waals surface area (Å²) in [6.45, 7) is 0. The van der Waals surface area contributed by atoms with E-state index in [1.54, 1.807) is 4.52 Å². The molecular formula is C13H11ClN4. The van der Waals surface area contributed by atoms with Crippen molar-refractivity contribution in [1.82, 2.24) is 14.6 Å². The number of nitrogen functional groups attached to an aromatic ring is 1. The number of hydrogen-bond acceptors (Lipinski definition) is 3. The second kappa shape index (κ2) is 4.31. The van der Waals surface area contributed by atoms with Gasteiger partial charge in [0.25, 0.3) is 0 Å². The zero-order valence-electron chi connectivity index (χ0n) is 9.55. The van der Waals surface area contributed by atoms with Gasteiger partial charge in [-0.15, -0.1) is 0 Å². The van der Waals surface area contributed by atoms with Crippen molar-refractivity contribution in [2.45, 2.75) is 6.42 Å². The topological polar surface area (TPSA) is 56.2 Å². The van der Waals surface area contributed by atoms with Crippen LogP contribution < -0.4 is 5.73 Å². The van der Waals surface area contributed by atoms with Crippen LogP contribution in [-0.2, 0) is 6.42 Å². The molecule has 0 spiro atoms. The highest BCUT2D eigenvalue weighted by atomic mass is 35.5. The molecule has 3 aromatic rings. The van der Waals surface area contributed by atoms with Crippen molar-refractivity contribution in [2.75, 3.05) is 5.73 Å². The van der Waals surface area contributed by atoms with E-state index < -0.39 is 0 Å². The highest BCUT2D eigenvalue weighted by molar-refractivity contribution is 6.30. The summed E-state index contributed by atoms with van der Waals surface area (Å²) in [6, 6.07) is 11.3. The molecule has 0 unspecified atom stereocenters. The Morgan fingerprint density at radius 1 is 1.17 bits per heavy atom. The maximum atomic E-state index is 5.85. The Balaban J connectivity index is 1.95.